The second-order valence-electron chi connectivity index (χ2n) is 7.29. The number of halogens is 2. The van der Waals surface area contributed by atoms with E-state index in [4.69, 9.17) is 4.98 Å². The van der Waals surface area contributed by atoms with E-state index in [9.17, 15) is 8.78 Å². The lowest BCUT2D eigenvalue weighted by Crippen LogP contribution is -2.57. The largest absolute Gasteiger partial charge is 0.351 e. The first-order valence-electron chi connectivity index (χ1n) is 9.76. The fourth-order valence-electron chi connectivity index (χ4n) is 4.01. The van der Waals surface area contributed by atoms with Crippen LogP contribution in [0.4, 0.5) is 14.6 Å². The summed E-state index contributed by atoms with van der Waals surface area (Å²) in [5, 5.41) is 3.56. The molecule has 2 aliphatic heterocycles. The predicted molar refractivity (Wildman–Crippen MR) is 109 cm³/mol. The van der Waals surface area contributed by atoms with E-state index in [-0.39, 0.29) is 17.8 Å². The lowest BCUT2D eigenvalue weighted by molar-refractivity contribution is 0.145. The zero-order valence-corrected chi connectivity index (χ0v) is 16.3. The second-order valence-corrected chi connectivity index (χ2v) is 7.29. The highest BCUT2D eigenvalue weighted by atomic mass is 19.3. The summed E-state index contributed by atoms with van der Waals surface area (Å²) in [5.41, 5.74) is 1.88. The van der Waals surface area contributed by atoms with Gasteiger partial charge >= 0.3 is 0 Å². The summed E-state index contributed by atoms with van der Waals surface area (Å²) in [7, 11) is 0. The molecule has 5 heterocycles. The van der Waals surface area contributed by atoms with E-state index >= 15 is 0 Å². The third-order valence-electron chi connectivity index (χ3n) is 5.53. The number of piperazine rings is 1. The molecule has 0 bridgehead atoms. The molecule has 154 valence electrons. The molecule has 0 aliphatic carbocycles. The van der Waals surface area contributed by atoms with Gasteiger partial charge in [0, 0.05) is 37.7 Å². The topological polar surface area (TPSA) is 83.6 Å². The molecule has 5 rings (SSSR count). The zero-order chi connectivity index (χ0) is 20.7. The summed E-state index contributed by atoms with van der Waals surface area (Å²) < 4.78 is 27.7. The van der Waals surface area contributed by atoms with Gasteiger partial charge in [-0.2, -0.15) is 0 Å². The highest BCUT2D eigenvalue weighted by Gasteiger charge is 2.31. The highest BCUT2D eigenvalue weighted by Crippen LogP contribution is 2.25. The Morgan fingerprint density at radius 2 is 2.10 bits per heavy atom. The number of nitrogens with one attached hydrogen (secondary N) is 1. The van der Waals surface area contributed by atoms with E-state index in [0.717, 1.165) is 25.5 Å². The second kappa shape index (κ2) is 7.52. The predicted octanol–water partition coefficient (Wildman–Crippen LogP) is 2.30. The third kappa shape index (κ3) is 3.22. The standard InChI is InChI=1S/C20H20F2N8/c1-12-18(13-2-4-23-8-13)24-6-7-29(12)16-3-5-25-20(28-16)15-9-27-17-10-26-14(19(21)22)11-30(15)17/h2-3,5,8-12,18-19,24H,4,6-7H2,1H3. The van der Waals surface area contributed by atoms with E-state index < -0.39 is 6.43 Å². The number of rotatable bonds is 4. The molecule has 10 heteroatoms. The minimum absolute atomic E-state index is 0.161. The number of hydrogen-bond donors (Lipinski definition) is 1. The first-order valence-corrected chi connectivity index (χ1v) is 9.76. The fraction of sp³-hybridized carbons (Fsp3) is 0.350. The molecule has 30 heavy (non-hydrogen) atoms. The molecule has 0 spiro atoms. The van der Waals surface area contributed by atoms with Gasteiger partial charge in [-0.15, -0.1) is 0 Å². The number of alkyl halides is 2. The molecule has 2 unspecified atom stereocenters. The Labute approximate surface area is 171 Å². The molecular formula is C20H20F2N8. The van der Waals surface area contributed by atoms with Gasteiger partial charge in [-0.3, -0.25) is 9.39 Å². The first-order chi connectivity index (χ1) is 14.6. The number of aliphatic imine (C=N–C) groups is 1. The van der Waals surface area contributed by atoms with Crippen LogP contribution < -0.4 is 10.2 Å². The van der Waals surface area contributed by atoms with Crippen LogP contribution in [0, 0.1) is 0 Å². The fourth-order valence-corrected chi connectivity index (χ4v) is 4.01. The summed E-state index contributed by atoms with van der Waals surface area (Å²) in [6.07, 6.45) is 7.28. The number of imidazole rings is 1. The third-order valence-corrected chi connectivity index (χ3v) is 5.53. The molecule has 1 N–H and O–H groups in total. The van der Waals surface area contributed by atoms with Gasteiger partial charge in [0.15, 0.2) is 11.5 Å². The molecule has 2 atom stereocenters. The van der Waals surface area contributed by atoms with Crippen molar-refractivity contribution in [3.8, 4) is 11.5 Å². The maximum Gasteiger partial charge on any atom is 0.281 e. The number of nitrogens with zero attached hydrogens (tertiary/aromatic N) is 7. The molecule has 3 aromatic rings. The molecule has 1 fully saturated rings. The summed E-state index contributed by atoms with van der Waals surface area (Å²) >= 11 is 0. The first kappa shape index (κ1) is 18.7. The molecule has 2 aliphatic rings. The van der Waals surface area contributed by atoms with Crippen molar-refractivity contribution >= 4 is 17.7 Å². The Hall–Kier alpha value is -3.27. The van der Waals surface area contributed by atoms with Crippen LogP contribution >= 0.6 is 0 Å². The number of fused-ring (bicyclic) bond motifs is 1. The average Bonchev–Trinajstić information content (AvgIpc) is 3.43. The maximum absolute atomic E-state index is 13.1. The van der Waals surface area contributed by atoms with Crippen LogP contribution in [0.15, 0.2) is 47.5 Å². The van der Waals surface area contributed by atoms with Crippen LogP contribution in [0.1, 0.15) is 19.0 Å². The van der Waals surface area contributed by atoms with Crippen LogP contribution in [0.3, 0.4) is 0 Å². The Bertz CT molecular complexity index is 1140. The summed E-state index contributed by atoms with van der Waals surface area (Å²) in [6.45, 7) is 4.49. The van der Waals surface area contributed by atoms with Crippen LogP contribution in [0.25, 0.3) is 17.2 Å². The molecule has 0 saturated carbocycles. The van der Waals surface area contributed by atoms with Crippen molar-refractivity contribution in [2.24, 2.45) is 4.99 Å². The van der Waals surface area contributed by atoms with Crippen LogP contribution in [-0.4, -0.2) is 62.3 Å². The van der Waals surface area contributed by atoms with Gasteiger partial charge in [0.2, 0.25) is 0 Å². The van der Waals surface area contributed by atoms with E-state index in [1.165, 1.54) is 18.0 Å². The molecule has 3 aromatic heterocycles. The van der Waals surface area contributed by atoms with Crippen LogP contribution in [0.2, 0.25) is 0 Å². The molecule has 0 radical (unpaired) electrons. The number of anilines is 1. The lowest BCUT2D eigenvalue weighted by atomic mass is 9.98. The van der Waals surface area contributed by atoms with E-state index in [2.05, 4.69) is 43.2 Å². The van der Waals surface area contributed by atoms with Gasteiger partial charge in [0.1, 0.15) is 17.2 Å². The van der Waals surface area contributed by atoms with Gasteiger partial charge in [0.25, 0.3) is 6.43 Å². The molecule has 0 amide bonds. The van der Waals surface area contributed by atoms with Gasteiger partial charge in [-0.1, -0.05) is 6.08 Å². The van der Waals surface area contributed by atoms with Crippen molar-refractivity contribution in [3.05, 3.63) is 48.2 Å². The molecule has 1 saturated heterocycles. The monoisotopic (exact) mass is 410 g/mol. The van der Waals surface area contributed by atoms with Crippen LogP contribution in [0.5, 0.6) is 0 Å². The van der Waals surface area contributed by atoms with E-state index in [1.807, 2.05) is 12.3 Å². The van der Waals surface area contributed by atoms with Crippen molar-refractivity contribution in [1.82, 2.24) is 29.7 Å². The molecule has 8 nitrogen and oxygen atoms in total. The van der Waals surface area contributed by atoms with Crippen molar-refractivity contribution in [2.75, 3.05) is 24.5 Å². The van der Waals surface area contributed by atoms with Crippen molar-refractivity contribution in [3.63, 3.8) is 0 Å². The summed E-state index contributed by atoms with van der Waals surface area (Å²) in [6, 6.07) is 2.20. The Kier molecular flexibility index (Phi) is 4.70. The lowest BCUT2D eigenvalue weighted by Gasteiger charge is -2.41. The zero-order valence-electron chi connectivity index (χ0n) is 16.3. The van der Waals surface area contributed by atoms with Gasteiger partial charge < -0.3 is 10.2 Å². The maximum atomic E-state index is 13.1. The minimum Gasteiger partial charge on any atom is -0.351 e. The number of aromatic nitrogens is 5. The SMILES string of the molecule is CC1C(C2=CCN=C2)NCCN1c1ccnc(-c2cnc3cnc(C(F)F)cn23)n1. The quantitative estimate of drug-likeness (QED) is 0.711. The van der Waals surface area contributed by atoms with Crippen molar-refractivity contribution in [1.29, 1.82) is 0 Å². The average molecular weight is 410 g/mol. The van der Waals surface area contributed by atoms with Gasteiger partial charge in [-0.25, -0.2) is 28.7 Å². The van der Waals surface area contributed by atoms with E-state index in [1.54, 1.807) is 16.8 Å². The van der Waals surface area contributed by atoms with E-state index in [0.29, 0.717) is 17.2 Å². The summed E-state index contributed by atoms with van der Waals surface area (Å²) in [4.78, 5) is 23.6. The van der Waals surface area contributed by atoms with Crippen LogP contribution in [-0.2, 0) is 0 Å². The smallest absolute Gasteiger partial charge is 0.281 e. The number of hydrogen-bond acceptors (Lipinski definition) is 7. The van der Waals surface area contributed by atoms with Gasteiger partial charge in [0.05, 0.1) is 25.0 Å². The normalized spacial score (nSPS) is 21.6. The summed E-state index contributed by atoms with van der Waals surface area (Å²) in [5.74, 6) is 1.21. The Balaban J connectivity index is 1.49. The molecule has 0 aromatic carbocycles. The Morgan fingerprint density at radius 1 is 1.20 bits per heavy atom. The van der Waals surface area contributed by atoms with Crippen molar-refractivity contribution < 1.29 is 8.78 Å². The minimum atomic E-state index is -2.66. The van der Waals surface area contributed by atoms with Crippen molar-refractivity contribution in [2.45, 2.75) is 25.4 Å². The molecular weight excluding hydrogens is 390 g/mol. The van der Waals surface area contributed by atoms with Gasteiger partial charge in [-0.05, 0) is 18.6 Å². The Morgan fingerprint density at radius 3 is 2.90 bits per heavy atom. The highest BCUT2D eigenvalue weighted by molar-refractivity contribution is 5.83.